The number of benzene rings is 1. The minimum Gasteiger partial charge on any atom is -0.378 e. The van der Waals surface area contributed by atoms with Gasteiger partial charge in [0.2, 0.25) is 10.0 Å². The predicted octanol–water partition coefficient (Wildman–Crippen LogP) is 1.41. The summed E-state index contributed by atoms with van der Waals surface area (Å²) in [6, 6.07) is 7.70. The topological polar surface area (TPSA) is 49.4 Å². The van der Waals surface area contributed by atoms with Gasteiger partial charge in [-0.25, -0.2) is 13.1 Å². The molecule has 0 aliphatic carbocycles. The molecule has 1 aromatic carbocycles. The van der Waals surface area contributed by atoms with E-state index in [1.807, 2.05) is 43.3 Å². The molecule has 4 nitrogen and oxygen atoms in total. The Bertz CT molecular complexity index is 443. The summed E-state index contributed by atoms with van der Waals surface area (Å²) >= 11 is 5.40. The predicted molar refractivity (Wildman–Crippen MR) is 72.1 cm³/mol. The van der Waals surface area contributed by atoms with Crippen molar-refractivity contribution in [2.75, 3.05) is 30.6 Å². The molecule has 0 aliphatic heterocycles. The molecule has 0 saturated heterocycles. The molecule has 0 aliphatic rings. The molecule has 96 valence electrons. The maximum absolute atomic E-state index is 11.4. The number of alkyl halides is 1. The van der Waals surface area contributed by atoms with Crippen molar-refractivity contribution < 1.29 is 8.42 Å². The highest BCUT2D eigenvalue weighted by molar-refractivity contribution is 7.89. The van der Waals surface area contributed by atoms with Crippen LogP contribution in [0.4, 0.5) is 5.69 Å². The Kier molecular flexibility index (Phi) is 5.24. The number of anilines is 1. The zero-order valence-corrected chi connectivity index (χ0v) is 11.6. The van der Waals surface area contributed by atoms with Crippen LogP contribution in [0, 0.1) is 0 Å². The first-order valence-corrected chi connectivity index (χ1v) is 7.43. The molecular formula is C11H17ClN2O2S. The molecule has 0 unspecified atom stereocenters. The van der Waals surface area contributed by atoms with Gasteiger partial charge in [0.15, 0.2) is 0 Å². The van der Waals surface area contributed by atoms with Crippen LogP contribution in [0.2, 0.25) is 0 Å². The molecule has 0 aromatic heterocycles. The monoisotopic (exact) mass is 276 g/mol. The van der Waals surface area contributed by atoms with E-state index in [9.17, 15) is 8.42 Å². The molecule has 0 amide bonds. The Morgan fingerprint density at radius 1 is 1.24 bits per heavy atom. The smallest absolute Gasteiger partial charge is 0.213 e. The standard InChI is InChI=1S/C11H17ClN2O2S/c1-14(2)11-5-3-10(4-6-11)9-13-17(15,16)8-7-12/h3-6,13H,7-9H2,1-2H3. The van der Waals surface area contributed by atoms with E-state index < -0.39 is 10.0 Å². The van der Waals surface area contributed by atoms with E-state index >= 15 is 0 Å². The zero-order chi connectivity index (χ0) is 12.9. The molecule has 1 rings (SSSR count). The molecular weight excluding hydrogens is 260 g/mol. The molecule has 0 fully saturated rings. The van der Waals surface area contributed by atoms with Crippen LogP contribution >= 0.6 is 11.6 Å². The highest BCUT2D eigenvalue weighted by Gasteiger charge is 2.08. The van der Waals surface area contributed by atoms with Gasteiger partial charge in [0.25, 0.3) is 0 Å². The lowest BCUT2D eigenvalue weighted by molar-refractivity contribution is 0.583. The molecule has 1 N–H and O–H groups in total. The Hall–Kier alpha value is -0.780. The number of nitrogens with one attached hydrogen (secondary N) is 1. The number of rotatable bonds is 6. The number of sulfonamides is 1. The summed E-state index contributed by atoms with van der Waals surface area (Å²) in [5, 5.41) is 0. The van der Waals surface area contributed by atoms with Crippen LogP contribution in [0.5, 0.6) is 0 Å². The first-order chi connectivity index (χ1) is 7.94. The molecule has 0 heterocycles. The second-order valence-electron chi connectivity index (χ2n) is 3.89. The Labute approximate surface area is 108 Å². The molecule has 0 radical (unpaired) electrons. The molecule has 0 spiro atoms. The first-order valence-electron chi connectivity index (χ1n) is 5.24. The molecule has 0 bridgehead atoms. The van der Waals surface area contributed by atoms with Crippen LogP contribution in [-0.2, 0) is 16.6 Å². The van der Waals surface area contributed by atoms with Gasteiger partial charge in [-0.15, -0.1) is 11.6 Å². The van der Waals surface area contributed by atoms with Gasteiger partial charge in [0.1, 0.15) is 0 Å². The van der Waals surface area contributed by atoms with Crippen molar-refractivity contribution in [3.05, 3.63) is 29.8 Å². The second kappa shape index (κ2) is 6.23. The van der Waals surface area contributed by atoms with Gasteiger partial charge < -0.3 is 4.90 Å². The fraction of sp³-hybridized carbons (Fsp3) is 0.455. The van der Waals surface area contributed by atoms with Crippen LogP contribution in [0.15, 0.2) is 24.3 Å². The lowest BCUT2D eigenvalue weighted by atomic mass is 10.2. The Morgan fingerprint density at radius 3 is 2.29 bits per heavy atom. The number of halogens is 1. The molecule has 6 heteroatoms. The second-order valence-corrected chi connectivity index (χ2v) is 6.19. The average Bonchev–Trinajstić information content (AvgIpc) is 2.27. The lowest BCUT2D eigenvalue weighted by Gasteiger charge is -2.12. The molecule has 1 aromatic rings. The van der Waals surface area contributed by atoms with Gasteiger partial charge >= 0.3 is 0 Å². The summed E-state index contributed by atoms with van der Waals surface area (Å²) in [4.78, 5) is 1.99. The number of nitrogens with zero attached hydrogens (tertiary/aromatic N) is 1. The normalized spacial score (nSPS) is 11.5. The highest BCUT2D eigenvalue weighted by atomic mass is 35.5. The number of hydrogen-bond donors (Lipinski definition) is 1. The molecule has 0 atom stereocenters. The first kappa shape index (κ1) is 14.3. The zero-order valence-electron chi connectivity index (χ0n) is 9.98. The lowest BCUT2D eigenvalue weighted by Crippen LogP contribution is -2.26. The van der Waals surface area contributed by atoms with E-state index in [0.717, 1.165) is 11.3 Å². The van der Waals surface area contributed by atoms with Crippen molar-refractivity contribution in [3.8, 4) is 0 Å². The summed E-state index contributed by atoms with van der Waals surface area (Å²) < 4.78 is 25.2. The van der Waals surface area contributed by atoms with E-state index in [1.54, 1.807) is 0 Å². The van der Waals surface area contributed by atoms with Gasteiger partial charge in [0, 0.05) is 32.2 Å². The minimum atomic E-state index is -3.25. The van der Waals surface area contributed by atoms with Crippen molar-refractivity contribution in [2.45, 2.75) is 6.54 Å². The van der Waals surface area contributed by atoms with Gasteiger partial charge in [-0.05, 0) is 17.7 Å². The van der Waals surface area contributed by atoms with E-state index in [2.05, 4.69) is 4.72 Å². The van der Waals surface area contributed by atoms with Crippen molar-refractivity contribution in [1.29, 1.82) is 0 Å². The Morgan fingerprint density at radius 2 is 1.82 bits per heavy atom. The van der Waals surface area contributed by atoms with Crippen molar-refractivity contribution in [1.82, 2.24) is 4.72 Å². The van der Waals surface area contributed by atoms with Crippen molar-refractivity contribution >= 4 is 27.3 Å². The number of hydrogen-bond acceptors (Lipinski definition) is 3. The quantitative estimate of drug-likeness (QED) is 0.800. The van der Waals surface area contributed by atoms with E-state index in [1.165, 1.54) is 0 Å². The summed E-state index contributed by atoms with van der Waals surface area (Å²) in [6.07, 6.45) is 0. The Balaban J connectivity index is 2.59. The maximum atomic E-state index is 11.4. The summed E-state index contributed by atoms with van der Waals surface area (Å²) in [5.41, 5.74) is 2.01. The van der Waals surface area contributed by atoms with Crippen LogP contribution in [0.3, 0.4) is 0 Å². The third-order valence-electron chi connectivity index (χ3n) is 2.29. The fourth-order valence-corrected chi connectivity index (χ4v) is 2.62. The van der Waals surface area contributed by atoms with Gasteiger partial charge in [-0.2, -0.15) is 0 Å². The van der Waals surface area contributed by atoms with Gasteiger partial charge in [0.05, 0.1) is 5.75 Å². The SMILES string of the molecule is CN(C)c1ccc(CNS(=O)(=O)CCCl)cc1. The summed E-state index contributed by atoms with van der Waals surface area (Å²) in [6.45, 7) is 0.299. The van der Waals surface area contributed by atoms with E-state index in [-0.39, 0.29) is 11.6 Å². The van der Waals surface area contributed by atoms with Gasteiger partial charge in [-0.3, -0.25) is 0 Å². The van der Waals surface area contributed by atoms with Crippen molar-refractivity contribution in [3.63, 3.8) is 0 Å². The van der Waals surface area contributed by atoms with Crippen LogP contribution in [0.25, 0.3) is 0 Å². The molecule has 17 heavy (non-hydrogen) atoms. The van der Waals surface area contributed by atoms with Crippen LogP contribution in [-0.4, -0.2) is 34.1 Å². The fourth-order valence-electron chi connectivity index (χ4n) is 1.28. The average molecular weight is 277 g/mol. The van der Waals surface area contributed by atoms with Gasteiger partial charge in [-0.1, -0.05) is 12.1 Å². The van der Waals surface area contributed by atoms with E-state index in [4.69, 9.17) is 11.6 Å². The summed E-state index contributed by atoms with van der Waals surface area (Å²) in [5.74, 6) is 0.0548. The minimum absolute atomic E-state index is 0.0513. The highest BCUT2D eigenvalue weighted by Crippen LogP contribution is 2.12. The maximum Gasteiger partial charge on any atom is 0.213 e. The molecule has 0 saturated carbocycles. The third-order valence-corrected chi connectivity index (χ3v) is 4.03. The summed E-state index contributed by atoms with van der Waals surface area (Å²) in [7, 11) is 0.664. The van der Waals surface area contributed by atoms with Crippen LogP contribution in [0.1, 0.15) is 5.56 Å². The van der Waals surface area contributed by atoms with Crippen molar-refractivity contribution in [2.24, 2.45) is 0 Å². The third kappa shape index (κ3) is 4.93. The van der Waals surface area contributed by atoms with Crippen LogP contribution < -0.4 is 9.62 Å². The largest absolute Gasteiger partial charge is 0.378 e. The van der Waals surface area contributed by atoms with E-state index in [0.29, 0.717) is 6.54 Å².